The van der Waals surface area contributed by atoms with Gasteiger partial charge in [-0.15, -0.1) is 0 Å². The van der Waals surface area contributed by atoms with Crippen LogP contribution >= 0.6 is 0 Å². The summed E-state index contributed by atoms with van der Waals surface area (Å²) < 4.78 is 11.9. The molecule has 0 spiro atoms. The fraction of sp³-hybridized carbons (Fsp3) is 0.649. The Bertz CT molecular complexity index is 1200. The molecular formula is C37H55N3O6. The highest BCUT2D eigenvalue weighted by molar-refractivity contribution is 5.70. The van der Waals surface area contributed by atoms with Crippen LogP contribution in [0.5, 0.6) is 0 Å². The predicted octanol–water partition coefficient (Wildman–Crippen LogP) is 5.93. The monoisotopic (exact) mass is 637 g/mol. The van der Waals surface area contributed by atoms with Gasteiger partial charge in [-0.1, -0.05) is 69.9 Å². The SMILES string of the molecule is C/C(=C\C=C\[C@H](C)c1cccnc1)[C@H]1OC(=O)C[C@@H](O)CC[C@](C)(O)[C@H](OC(=O)N2CCN(C3CCCCCC3)CC2)/C=C/[C@@H]1C. The van der Waals surface area contributed by atoms with Gasteiger partial charge in [0.1, 0.15) is 11.7 Å². The molecule has 46 heavy (non-hydrogen) atoms. The molecule has 9 nitrogen and oxygen atoms in total. The highest BCUT2D eigenvalue weighted by atomic mass is 16.6. The van der Waals surface area contributed by atoms with Crippen molar-refractivity contribution >= 4 is 12.1 Å². The van der Waals surface area contributed by atoms with Gasteiger partial charge >= 0.3 is 12.1 Å². The molecule has 2 fully saturated rings. The zero-order valence-corrected chi connectivity index (χ0v) is 28.2. The van der Waals surface area contributed by atoms with E-state index in [1.54, 1.807) is 24.1 Å². The van der Waals surface area contributed by atoms with Gasteiger partial charge in [-0.25, -0.2) is 4.79 Å². The third-order valence-corrected chi connectivity index (χ3v) is 9.88. The molecule has 0 unspecified atom stereocenters. The Labute approximate surface area is 275 Å². The van der Waals surface area contributed by atoms with Gasteiger partial charge in [-0.3, -0.25) is 14.7 Å². The van der Waals surface area contributed by atoms with E-state index in [0.717, 1.165) is 24.2 Å². The van der Waals surface area contributed by atoms with Gasteiger partial charge in [-0.05, 0) is 62.8 Å². The summed E-state index contributed by atoms with van der Waals surface area (Å²) in [5, 5.41) is 22.1. The molecule has 0 aromatic carbocycles. The lowest BCUT2D eigenvalue weighted by Gasteiger charge is -2.40. The van der Waals surface area contributed by atoms with Crippen molar-refractivity contribution in [3.63, 3.8) is 0 Å². The van der Waals surface area contributed by atoms with Crippen LogP contribution in [0.2, 0.25) is 0 Å². The fourth-order valence-corrected chi connectivity index (χ4v) is 6.75. The maximum atomic E-state index is 13.4. The molecule has 6 atom stereocenters. The lowest BCUT2D eigenvalue weighted by Crippen LogP contribution is -2.53. The third kappa shape index (κ3) is 10.5. The Morgan fingerprint density at radius 2 is 1.85 bits per heavy atom. The second-order valence-electron chi connectivity index (χ2n) is 13.8. The highest BCUT2D eigenvalue weighted by Crippen LogP contribution is 2.28. The average Bonchev–Trinajstić information content (AvgIpc) is 3.34. The van der Waals surface area contributed by atoms with Crippen LogP contribution in [-0.4, -0.2) is 93.2 Å². The average molecular weight is 638 g/mol. The number of cyclic esters (lactones) is 1. The van der Waals surface area contributed by atoms with E-state index in [1.165, 1.54) is 38.5 Å². The summed E-state index contributed by atoms with van der Waals surface area (Å²) in [7, 11) is 0. The summed E-state index contributed by atoms with van der Waals surface area (Å²) in [6, 6.07) is 4.54. The second-order valence-corrected chi connectivity index (χ2v) is 13.8. The summed E-state index contributed by atoms with van der Waals surface area (Å²) in [6.45, 7) is 10.4. The Hall–Kier alpha value is -3.01. The lowest BCUT2D eigenvalue weighted by atomic mass is 9.88. The molecule has 4 rings (SSSR count). The van der Waals surface area contributed by atoms with Gasteiger partial charge < -0.3 is 24.6 Å². The number of nitrogens with zero attached hydrogens (tertiary/aromatic N) is 3. The van der Waals surface area contributed by atoms with E-state index in [-0.39, 0.29) is 31.1 Å². The number of carbonyl (C=O) groups excluding carboxylic acids is 2. The first-order valence-electron chi connectivity index (χ1n) is 17.3. The number of rotatable bonds is 6. The molecule has 1 saturated heterocycles. The first kappa shape index (κ1) is 35.8. The summed E-state index contributed by atoms with van der Waals surface area (Å²) >= 11 is 0. The molecule has 3 heterocycles. The van der Waals surface area contributed by atoms with Crippen molar-refractivity contribution in [1.29, 1.82) is 0 Å². The van der Waals surface area contributed by atoms with Crippen molar-refractivity contribution in [1.82, 2.24) is 14.8 Å². The number of carbonyl (C=O) groups is 2. The number of esters is 1. The number of allylic oxidation sites excluding steroid dienone is 3. The number of ether oxygens (including phenoxy) is 2. The smallest absolute Gasteiger partial charge is 0.410 e. The number of aliphatic hydroxyl groups is 2. The zero-order valence-electron chi connectivity index (χ0n) is 28.2. The molecular weight excluding hydrogens is 582 g/mol. The van der Waals surface area contributed by atoms with Crippen molar-refractivity contribution in [2.45, 2.75) is 121 Å². The summed E-state index contributed by atoms with van der Waals surface area (Å²) in [6.07, 6.45) is 17.9. The molecule has 1 amide bonds. The number of hydrogen-bond donors (Lipinski definition) is 2. The van der Waals surface area contributed by atoms with Crippen molar-refractivity contribution in [3.8, 4) is 0 Å². The molecule has 0 radical (unpaired) electrons. The van der Waals surface area contributed by atoms with Gasteiger partial charge in [0.25, 0.3) is 0 Å². The number of aliphatic hydroxyl groups excluding tert-OH is 1. The predicted molar refractivity (Wildman–Crippen MR) is 179 cm³/mol. The van der Waals surface area contributed by atoms with Crippen molar-refractivity contribution in [3.05, 3.63) is 66.0 Å². The standard InChI is InChI=1S/C37H55N3O6/c1-27(30-13-10-20-38-26-30)11-9-12-28(2)35-29(3)16-17-33(37(4,44)19-18-32(41)25-34(42)46-35)45-36(43)40-23-21-39(22-24-40)31-14-7-5-6-8-15-31/h9-13,16-17,20,26-27,29,31-33,35,41,44H,5-8,14-15,18-19,21-25H2,1-4H3/b11-9+,17-16+,28-12+/t27-,29-,32-,33+,35+,37-/m0/s1. The molecule has 2 aliphatic heterocycles. The number of piperazine rings is 1. The van der Waals surface area contributed by atoms with Gasteiger partial charge in [0.15, 0.2) is 6.10 Å². The molecule has 1 aliphatic carbocycles. The van der Waals surface area contributed by atoms with Gasteiger partial charge in [-0.2, -0.15) is 0 Å². The van der Waals surface area contributed by atoms with Crippen LogP contribution in [0.25, 0.3) is 0 Å². The minimum absolute atomic E-state index is 0.149. The van der Waals surface area contributed by atoms with Crippen LogP contribution in [0.4, 0.5) is 4.79 Å². The van der Waals surface area contributed by atoms with Gasteiger partial charge in [0.05, 0.1) is 12.5 Å². The summed E-state index contributed by atoms with van der Waals surface area (Å²) in [4.78, 5) is 34.7. The topological polar surface area (TPSA) is 112 Å². The largest absolute Gasteiger partial charge is 0.457 e. The van der Waals surface area contributed by atoms with E-state index >= 15 is 0 Å². The molecule has 9 heteroatoms. The van der Waals surface area contributed by atoms with Crippen LogP contribution in [-0.2, 0) is 14.3 Å². The van der Waals surface area contributed by atoms with Crippen LogP contribution in [0, 0.1) is 5.92 Å². The van der Waals surface area contributed by atoms with E-state index in [9.17, 15) is 19.8 Å². The van der Waals surface area contributed by atoms with Crippen LogP contribution in [0.1, 0.15) is 97.0 Å². The number of hydrogen-bond acceptors (Lipinski definition) is 8. The van der Waals surface area contributed by atoms with E-state index in [0.29, 0.717) is 19.1 Å². The van der Waals surface area contributed by atoms with Crippen LogP contribution < -0.4 is 0 Å². The maximum Gasteiger partial charge on any atom is 0.410 e. The summed E-state index contributed by atoms with van der Waals surface area (Å²) in [5.74, 6) is -0.632. The molecule has 1 saturated carbocycles. The minimum Gasteiger partial charge on any atom is -0.457 e. The van der Waals surface area contributed by atoms with E-state index in [4.69, 9.17) is 9.47 Å². The molecule has 1 aromatic rings. The van der Waals surface area contributed by atoms with E-state index < -0.39 is 36.0 Å². The Morgan fingerprint density at radius 3 is 2.52 bits per heavy atom. The van der Waals surface area contributed by atoms with Crippen LogP contribution in [0.15, 0.2) is 60.5 Å². The quantitative estimate of drug-likeness (QED) is 0.171. The Kier molecular flexibility index (Phi) is 13.4. The van der Waals surface area contributed by atoms with Crippen molar-refractivity contribution in [2.75, 3.05) is 26.2 Å². The van der Waals surface area contributed by atoms with E-state index in [1.807, 2.05) is 50.4 Å². The van der Waals surface area contributed by atoms with Crippen molar-refractivity contribution in [2.24, 2.45) is 5.92 Å². The fourth-order valence-electron chi connectivity index (χ4n) is 6.75. The number of aromatic nitrogens is 1. The van der Waals surface area contributed by atoms with Gasteiger partial charge in [0.2, 0.25) is 0 Å². The summed E-state index contributed by atoms with van der Waals surface area (Å²) in [5.41, 5.74) is 0.490. The zero-order chi connectivity index (χ0) is 33.1. The Balaban J connectivity index is 1.45. The number of amides is 1. The van der Waals surface area contributed by atoms with Crippen LogP contribution in [0.3, 0.4) is 0 Å². The Morgan fingerprint density at radius 1 is 1.13 bits per heavy atom. The minimum atomic E-state index is -1.44. The highest BCUT2D eigenvalue weighted by Gasteiger charge is 2.37. The van der Waals surface area contributed by atoms with Crippen molar-refractivity contribution < 1.29 is 29.3 Å². The normalized spacial score (nSPS) is 31.3. The van der Waals surface area contributed by atoms with E-state index in [2.05, 4.69) is 22.9 Å². The molecule has 2 N–H and O–H groups in total. The molecule has 254 valence electrons. The maximum absolute atomic E-state index is 13.4. The lowest BCUT2D eigenvalue weighted by molar-refractivity contribution is -0.151. The number of pyridine rings is 1. The molecule has 1 aromatic heterocycles. The third-order valence-electron chi connectivity index (χ3n) is 9.88. The molecule has 3 aliphatic rings. The first-order valence-corrected chi connectivity index (χ1v) is 17.3. The second kappa shape index (κ2) is 17.2. The first-order chi connectivity index (χ1) is 22.0. The van der Waals surface area contributed by atoms with Gasteiger partial charge in [0, 0.05) is 56.5 Å². The molecule has 0 bridgehead atoms.